The number of hydrogen-bond acceptors (Lipinski definition) is 3. The van der Waals surface area contributed by atoms with Gasteiger partial charge in [0.15, 0.2) is 0 Å². The van der Waals surface area contributed by atoms with Gasteiger partial charge in [-0.15, -0.1) is 0 Å². The van der Waals surface area contributed by atoms with E-state index in [0.29, 0.717) is 19.5 Å². The summed E-state index contributed by atoms with van der Waals surface area (Å²) >= 11 is 0. The van der Waals surface area contributed by atoms with E-state index in [1.54, 1.807) is 6.92 Å². The molecular weight excluding hydrogens is 216 g/mol. The molecule has 1 amide bonds. The van der Waals surface area contributed by atoms with Gasteiger partial charge in [0.05, 0.1) is 5.60 Å². The third kappa shape index (κ3) is 8.16. The minimum Gasteiger partial charge on any atom is -0.389 e. The van der Waals surface area contributed by atoms with Gasteiger partial charge in [-0.2, -0.15) is 0 Å². The van der Waals surface area contributed by atoms with Crippen molar-refractivity contribution in [3.05, 3.63) is 0 Å². The summed E-state index contributed by atoms with van der Waals surface area (Å²) in [6.45, 7) is 12.7. The monoisotopic (exact) mass is 244 g/mol. The fourth-order valence-corrected chi connectivity index (χ4v) is 1.23. The van der Waals surface area contributed by atoms with Crippen molar-refractivity contribution in [3.8, 4) is 0 Å². The molecule has 3 N–H and O–H groups in total. The Morgan fingerprint density at radius 3 is 2.18 bits per heavy atom. The van der Waals surface area contributed by atoms with Gasteiger partial charge in [-0.3, -0.25) is 4.79 Å². The van der Waals surface area contributed by atoms with Crippen LogP contribution in [-0.2, 0) is 4.79 Å². The zero-order valence-corrected chi connectivity index (χ0v) is 12.1. The molecule has 0 saturated carbocycles. The topological polar surface area (TPSA) is 61.4 Å². The lowest BCUT2D eigenvalue weighted by atomic mass is 9.92. The molecule has 0 radical (unpaired) electrons. The van der Waals surface area contributed by atoms with Crippen LogP contribution in [0.3, 0.4) is 0 Å². The molecule has 0 spiro atoms. The Labute approximate surface area is 105 Å². The number of nitrogens with one attached hydrogen (secondary N) is 2. The second kappa shape index (κ2) is 6.36. The molecule has 17 heavy (non-hydrogen) atoms. The van der Waals surface area contributed by atoms with Gasteiger partial charge in [0.2, 0.25) is 5.91 Å². The van der Waals surface area contributed by atoms with Crippen molar-refractivity contribution < 1.29 is 9.90 Å². The van der Waals surface area contributed by atoms with E-state index in [0.717, 1.165) is 0 Å². The molecule has 4 nitrogen and oxygen atoms in total. The van der Waals surface area contributed by atoms with Gasteiger partial charge in [0.1, 0.15) is 0 Å². The zero-order chi connectivity index (χ0) is 13.7. The molecule has 1 atom stereocenters. The average molecular weight is 244 g/mol. The van der Waals surface area contributed by atoms with E-state index in [1.807, 2.05) is 34.6 Å². The van der Waals surface area contributed by atoms with Gasteiger partial charge in [-0.25, -0.2) is 0 Å². The molecule has 0 aromatic heterocycles. The summed E-state index contributed by atoms with van der Waals surface area (Å²) < 4.78 is 0. The predicted molar refractivity (Wildman–Crippen MR) is 70.8 cm³/mol. The molecule has 0 aliphatic carbocycles. The largest absolute Gasteiger partial charge is 0.389 e. The standard InChI is InChI=1S/C13H28N2O2/c1-10(2)13(6,17)9-14-8-7-11(16)15-12(3,4)5/h10,14,17H,7-9H2,1-6H3,(H,15,16). The highest BCUT2D eigenvalue weighted by Crippen LogP contribution is 2.14. The average Bonchev–Trinajstić information content (AvgIpc) is 2.09. The van der Waals surface area contributed by atoms with Crippen molar-refractivity contribution in [1.82, 2.24) is 10.6 Å². The van der Waals surface area contributed by atoms with Crippen LogP contribution in [0.25, 0.3) is 0 Å². The number of rotatable bonds is 6. The first-order chi connectivity index (χ1) is 7.54. The summed E-state index contributed by atoms with van der Waals surface area (Å²) in [5, 5.41) is 16.0. The first-order valence-electron chi connectivity index (χ1n) is 6.29. The van der Waals surface area contributed by atoms with Gasteiger partial charge < -0.3 is 15.7 Å². The lowest BCUT2D eigenvalue weighted by molar-refractivity contribution is -0.122. The molecule has 0 fully saturated rings. The molecule has 0 bridgehead atoms. The van der Waals surface area contributed by atoms with Crippen LogP contribution in [0.4, 0.5) is 0 Å². The first-order valence-corrected chi connectivity index (χ1v) is 6.29. The van der Waals surface area contributed by atoms with E-state index >= 15 is 0 Å². The Hall–Kier alpha value is -0.610. The molecule has 0 saturated heterocycles. The minimum atomic E-state index is -0.722. The quantitative estimate of drug-likeness (QED) is 0.617. The number of carbonyl (C=O) groups is 1. The van der Waals surface area contributed by atoms with Crippen LogP contribution >= 0.6 is 0 Å². The van der Waals surface area contributed by atoms with E-state index in [2.05, 4.69) is 10.6 Å². The van der Waals surface area contributed by atoms with Crippen molar-refractivity contribution in [3.63, 3.8) is 0 Å². The van der Waals surface area contributed by atoms with E-state index in [1.165, 1.54) is 0 Å². The lowest BCUT2D eigenvalue weighted by Crippen LogP contribution is -2.44. The molecule has 0 rings (SSSR count). The second-order valence-electron chi connectivity index (χ2n) is 6.24. The maximum atomic E-state index is 11.5. The van der Waals surface area contributed by atoms with Gasteiger partial charge in [0.25, 0.3) is 0 Å². The van der Waals surface area contributed by atoms with Crippen molar-refractivity contribution in [2.24, 2.45) is 5.92 Å². The molecular formula is C13H28N2O2. The smallest absolute Gasteiger partial charge is 0.221 e. The summed E-state index contributed by atoms with van der Waals surface area (Å²) in [6, 6.07) is 0. The van der Waals surface area contributed by atoms with Crippen molar-refractivity contribution in [1.29, 1.82) is 0 Å². The Morgan fingerprint density at radius 2 is 1.76 bits per heavy atom. The zero-order valence-electron chi connectivity index (χ0n) is 12.1. The normalized spacial score (nSPS) is 15.8. The van der Waals surface area contributed by atoms with E-state index < -0.39 is 5.60 Å². The molecule has 0 heterocycles. The summed E-state index contributed by atoms with van der Waals surface area (Å²) in [5.41, 5.74) is -0.902. The predicted octanol–water partition coefficient (Wildman–Crippen LogP) is 1.29. The molecule has 0 aliphatic heterocycles. The Bertz CT molecular complexity index is 242. The summed E-state index contributed by atoms with van der Waals surface area (Å²) in [7, 11) is 0. The van der Waals surface area contributed by atoms with Gasteiger partial charge in [-0.1, -0.05) is 13.8 Å². The molecule has 102 valence electrons. The van der Waals surface area contributed by atoms with Crippen molar-refractivity contribution in [2.45, 2.75) is 59.1 Å². The number of amides is 1. The number of carbonyl (C=O) groups excluding carboxylic acids is 1. The highest BCUT2D eigenvalue weighted by atomic mass is 16.3. The van der Waals surface area contributed by atoms with Crippen molar-refractivity contribution >= 4 is 5.91 Å². The fraction of sp³-hybridized carbons (Fsp3) is 0.923. The van der Waals surface area contributed by atoms with E-state index in [4.69, 9.17) is 0 Å². The maximum absolute atomic E-state index is 11.5. The van der Waals surface area contributed by atoms with Gasteiger partial charge >= 0.3 is 0 Å². The number of aliphatic hydroxyl groups is 1. The minimum absolute atomic E-state index is 0.0363. The molecule has 1 unspecified atom stereocenters. The van der Waals surface area contributed by atoms with Crippen LogP contribution in [0.5, 0.6) is 0 Å². The molecule has 4 heteroatoms. The Balaban J connectivity index is 3.76. The van der Waals surface area contributed by atoms with Crippen LogP contribution in [0.1, 0.15) is 48.0 Å². The third-order valence-corrected chi connectivity index (χ3v) is 2.77. The summed E-state index contributed by atoms with van der Waals surface area (Å²) in [5.74, 6) is 0.229. The Kier molecular flexibility index (Phi) is 6.13. The van der Waals surface area contributed by atoms with Crippen LogP contribution < -0.4 is 10.6 Å². The van der Waals surface area contributed by atoms with Gasteiger partial charge in [-0.05, 0) is 33.6 Å². The lowest BCUT2D eigenvalue weighted by Gasteiger charge is -2.28. The summed E-state index contributed by atoms with van der Waals surface area (Å²) in [4.78, 5) is 11.5. The third-order valence-electron chi connectivity index (χ3n) is 2.77. The maximum Gasteiger partial charge on any atom is 0.221 e. The van der Waals surface area contributed by atoms with Crippen LogP contribution in [0, 0.1) is 5.92 Å². The van der Waals surface area contributed by atoms with Crippen LogP contribution in [0.15, 0.2) is 0 Å². The molecule has 0 aliphatic rings. The van der Waals surface area contributed by atoms with Crippen LogP contribution in [0.2, 0.25) is 0 Å². The molecule has 0 aromatic carbocycles. The van der Waals surface area contributed by atoms with Crippen LogP contribution in [-0.4, -0.2) is 35.2 Å². The highest BCUT2D eigenvalue weighted by molar-refractivity contribution is 5.76. The molecule has 0 aromatic rings. The SMILES string of the molecule is CC(C)C(C)(O)CNCCC(=O)NC(C)(C)C. The Morgan fingerprint density at radius 1 is 1.24 bits per heavy atom. The van der Waals surface area contributed by atoms with Crippen molar-refractivity contribution in [2.75, 3.05) is 13.1 Å². The fourth-order valence-electron chi connectivity index (χ4n) is 1.23. The first kappa shape index (κ1) is 16.4. The van der Waals surface area contributed by atoms with E-state index in [-0.39, 0.29) is 17.4 Å². The highest BCUT2D eigenvalue weighted by Gasteiger charge is 2.24. The van der Waals surface area contributed by atoms with E-state index in [9.17, 15) is 9.90 Å². The van der Waals surface area contributed by atoms with Gasteiger partial charge in [0, 0.05) is 25.0 Å². The second-order valence-corrected chi connectivity index (χ2v) is 6.24. The summed E-state index contributed by atoms with van der Waals surface area (Å²) in [6.07, 6.45) is 0.436. The number of hydrogen-bond donors (Lipinski definition) is 3.